The first-order valence-electron chi connectivity index (χ1n) is 4.70. The lowest BCUT2D eigenvalue weighted by atomic mass is 10.2. The van der Waals surface area contributed by atoms with Crippen LogP contribution in [0.15, 0.2) is 11.1 Å². The van der Waals surface area contributed by atoms with Crippen molar-refractivity contribution in [2.24, 2.45) is 5.73 Å². The second-order valence-electron chi connectivity index (χ2n) is 3.64. The molecular weight excluding hydrogens is 216 g/mol. The number of hydrogen-bond donors (Lipinski definition) is 1. The monoisotopic (exact) mass is 228 g/mol. The zero-order valence-corrected chi connectivity index (χ0v) is 9.12. The van der Waals surface area contributed by atoms with Crippen molar-refractivity contribution in [2.75, 3.05) is 6.61 Å². The fourth-order valence-electron chi connectivity index (χ4n) is 1.41. The van der Waals surface area contributed by atoms with E-state index in [0.29, 0.717) is 12.1 Å². The largest absolute Gasteiger partial charge is 0.459 e. The van der Waals surface area contributed by atoms with Gasteiger partial charge >= 0.3 is 5.97 Å². The third kappa shape index (κ3) is 1.87. The third-order valence-corrected chi connectivity index (χ3v) is 3.24. The molecule has 0 bridgehead atoms. The molecule has 2 aliphatic heterocycles. The molecule has 2 N–H and O–H groups in total. The lowest BCUT2D eigenvalue weighted by Gasteiger charge is -2.34. The van der Waals surface area contributed by atoms with E-state index < -0.39 is 5.97 Å². The number of carbonyl (C=O) groups excluding carboxylic acids is 2. The Bertz CT molecular complexity index is 340. The van der Waals surface area contributed by atoms with Crippen molar-refractivity contribution in [1.29, 1.82) is 0 Å². The van der Waals surface area contributed by atoms with Crippen molar-refractivity contribution >= 4 is 23.6 Å². The van der Waals surface area contributed by atoms with Crippen LogP contribution < -0.4 is 5.73 Å². The molecule has 2 aliphatic rings. The standard InChI is InChI=1S/C9H12N2O3S/c1-5(10)3-14-9(13)6-4-15-8-2-7(12)11(6)8/h4-5,8H,2-3,10H2,1H3/t5?,8-/m1/s1. The zero-order chi connectivity index (χ0) is 11.0. The van der Waals surface area contributed by atoms with E-state index in [1.165, 1.54) is 16.7 Å². The lowest BCUT2D eigenvalue weighted by molar-refractivity contribution is -0.148. The minimum absolute atomic E-state index is 0.0194. The molecule has 6 heteroatoms. The Hall–Kier alpha value is -1.01. The fourth-order valence-corrected chi connectivity index (χ4v) is 2.50. The maximum absolute atomic E-state index is 11.5. The first kappa shape index (κ1) is 10.5. The van der Waals surface area contributed by atoms with Gasteiger partial charge in [-0.25, -0.2) is 4.79 Å². The van der Waals surface area contributed by atoms with Crippen LogP contribution in [0.2, 0.25) is 0 Å². The summed E-state index contributed by atoms with van der Waals surface area (Å²) >= 11 is 1.48. The van der Waals surface area contributed by atoms with E-state index in [1.54, 1.807) is 12.3 Å². The number of esters is 1. The van der Waals surface area contributed by atoms with Crippen molar-refractivity contribution in [3.8, 4) is 0 Å². The number of rotatable bonds is 3. The molecule has 0 aromatic carbocycles. The molecular formula is C9H12N2O3S. The van der Waals surface area contributed by atoms with E-state index in [9.17, 15) is 9.59 Å². The van der Waals surface area contributed by atoms with Gasteiger partial charge < -0.3 is 10.5 Å². The SMILES string of the molecule is CC(N)COC(=O)C1=CS[C@@H]2CC(=O)N12. The average molecular weight is 228 g/mol. The van der Waals surface area contributed by atoms with Gasteiger partial charge in [0, 0.05) is 11.4 Å². The van der Waals surface area contributed by atoms with Crippen LogP contribution in [-0.4, -0.2) is 34.8 Å². The van der Waals surface area contributed by atoms with Crippen LogP contribution in [0.4, 0.5) is 0 Å². The van der Waals surface area contributed by atoms with Gasteiger partial charge in [-0.15, -0.1) is 11.8 Å². The Balaban J connectivity index is 1.93. The molecule has 0 saturated carbocycles. The van der Waals surface area contributed by atoms with E-state index in [1.807, 2.05) is 0 Å². The molecule has 0 aromatic rings. The number of fused-ring (bicyclic) bond motifs is 1. The van der Waals surface area contributed by atoms with E-state index >= 15 is 0 Å². The van der Waals surface area contributed by atoms with Crippen molar-refractivity contribution < 1.29 is 14.3 Å². The quantitative estimate of drug-likeness (QED) is 0.544. The molecule has 2 rings (SSSR count). The molecule has 0 aliphatic carbocycles. The highest BCUT2D eigenvalue weighted by molar-refractivity contribution is 8.03. The summed E-state index contributed by atoms with van der Waals surface area (Å²) in [6, 6.07) is -0.188. The van der Waals surface area contributed by atoms with Gasteiger partial charge in [0.25, 0.3) is 0 Å². The van der Waals surface area contributed by atoms with Crippen molar-refractivity contribution in [2.45, 2.75) is 24.8 Å². The van der Waals surface area contributed by atoms with Crippen molar-refractivity contribution in [3.63, 3.8) is 0 Å². The maximum Gasteiger partial charge on any atom is 0.355 e. The van der Waals surface area contributed by atoms with Gasteiger partial charge in [0.2, 0.25) is 5.91 Å². The number of nitrogens with zero attached hydrogens (tertiary/aromatic N) is 1. The molecule has 0 aromatic heterocycles. The number of β-lactam (4-membered cyclic amide) rings is 1. The third-order valence-electron chi connectivity index (χ3n) is 2.19. The Morgan fingerprint density at radius 3 is 3.20 bits per heavy atom. The summed E-state index contributed by atoms with van der Waals surface area (Å²) in [6.07, 6.45) is 0.505. The number of ether oxygens (including phenoxy) is 1. The number of amides is 1. The molecule has 0 spiro atoms. The van der Waals surface area contributed by atoms with Gasteiger partial charge in [-0.2, -0.15) is 0 Å². The van der Waals surface area contributed by atoms with Crippen molar-refractivity contribution in [3.05, 3.63) is 11.1 Å². The number of hydrogen-bond acceptors (Lipinski definition) is 5. The summed E-state index contributed by atoms with van der Waals surface area (Å²) in [6.45, 7) is 1.93. The average Bonchev–Trinajstić information content (AvgIpc) is 2.51. The van der Waals surface area contributed by atoms with Gasteiger partial charge in [0.15, 0.2) is 0 Å². The molecule has 82 valence electrons. The highest BCUT2D eigenvalue weighted by Crippen LogP contribution is 2.40. The van der Waals surface area contributed by atoms with Gasteiger partial charge in [-0.3, -0.25) is 9.69 Å². The minimum Gasteiger partial charge on any atom is -0.459 e. The molecule has 2 heterocycles. The molecule has 2 atom stereocenters. The summed E-state index contributed by atoms with van der Waals surface area (Å²) < 4.78 is 4.95. The number of carbonyl (C=O) groups is 2. The van der Waals surface area contributed by atoms with Crippen LogP contribution in [0.25, 0.3) is 0 Å². The molecule has 1 saturated heterocycles. The summed E-state index contributed by atoms with van der Waals surface area (Å²) in [5, 5.41) is 1.79. The van der Waals surface area contributed by atoms with E-state index in [2.05, 4.69) is 0 Å². The molecule has 1 fully saturated rings. The summed E-state index contributed by atoms with van der Waals surface area (Å²) in [4.78, 5) is 24.2. The maximum atomic E-state index is 11.5. The second-order valence-corrected chi connectivity index (χ2v) is 4.69. The van der Waals surface area contributed by atoms with Crippen LogP contribution in [-0.2, 0) is 14.3 Å². The Labute approximate surface area is 91.6 Å². The van der Waals surface area contributed by atoms with Crippen LogP contribution in [0.5, 0.6) is 0 Å². The first-order valence-corrected chi connectivity index (χ1v) is 5.64. The topological polar surface area (TPSA) is 72.6 Å². The highest BCUT2D eigenvalue weighted by atomic mass is 32.2. The minimum atomic E-state index is -0.463. The van der Waals surface area contributed by atoms with Crippen LogP contribution in [0.1, 0.15) is 13.3 Å². The molecule has 1 unspecified atom stereocenters. The normalized spacial score (nSPS) is 25.5. The van der Waals surface area contributed by atoms with E-state index in [-0.39, 0.29) is 23.9 Å². The molecule has 5 nitrogen and oxygen atoms in total. The zero-order valence-electron chi connectivity index (χ0n) is 8.30. The number of thioether (sulfide) groups is 1. The Kier molecular flexibility index (Phi) is 2.70. The van der Waals surface area contributed by atoms with Gasteiger partial charge in [-0.1, -0.05) is 0 Å². The number of nitrogens with two attached hydrogens (primary N) is 1. The van der Waals surface area contributed by atoms with E-state index in [0.717, 1.165) is 0 Å². The lowest BCUT2D eigenvalue weighted by Crippen LogP contribution is -2.48. The van der Waals surface area contributed by atoms with Gasteiger partial charge in [0.05, 0.1) is 11.8 Å². The van der Waals surface area contributed by atoms with Crippen LogP contribution in [0.3, 0.4) is 0 Å². The Morgan fingerprint density at radius 1 is 1.87 bits per heavy atom. The highest BCUT2D eigenvalue weighted by Gasteiger charge is 2.45. The van der Waals surface area contributed by atoms with Crippen LogP contribution in [0, 0.1) is 0 Å². The van der Waals surface area contributed by atoms with Gasteiger partial charge in [-0.05, 0) is 6.92 Å². The smallest absolute Gasteiger partial charge is 0.355 e. The summed E-state index contributed by atoms with van der Waals surface area (Å²) in [5.41, 5.74) is 5.81. The first-order chi connectivity index (χ1) is 7.09. The Morgan fingerprint density at radius 2 is 2.60 bits per heavy atom. The summed E-state index contributed by atoms with van der Waals surface area (Å²) in [5.74, 6) is -0.482. The predicted octanol–water partition coefficient (Wildman–Crippen LogP) is 0.0234. The van der Waals surface area contributed by atoms with E-state index in [4.69, 9.17) is 10.5 Å². The predicted molar refractivity (Wildman–Crippen MR) is 55.5 cm³/mol. The molecule has 15 heavy (non-hydrogen) atoms. The van der Waals surface area contributed by atoms with Crippen LogP contribution >= 0.6 is 11.8 Å². The van der Waals surface area contributed by atoms with Gasteiger partial charge in [0.1, 0.15) is 12.3 Å². The van der Waals surface area contributed by atoms with Crippen molar-refractivity contribution in [1.82, 2.24) is 4.90 Å². The second kappa shape index (κ2) is 3.86. The summed E-state index contributed by atoms with van der Waals surface area (Å²) in [7, 11) is 0. The molecule has 0 radical (unpaired) electrons. The fraction of sp³-hybridized carbons (Fsp3) is 0.556. The molecule has 1 amide bonds.